The molecule has 3 N–H and O–H groups in total. The van der Waals surface area contributed by atoms with E-state index in [0.29, 0.717) is 10.8 Å². The number of nitrogens with zero attached hydrogens (tertiary/aromatic N) is 3. The Balaban J connectivity index is 1.50. The normalized spacial score (nSPS) is 11.1. The zero-order chi connectivity index (χ0) is 17.8. The van der Waals surface area contributed by atoms with Gasteiger partial charge in [0.25, 0.3) is 0 Å². The Morgan fingerprint density at radius 2 is 1.96 bits per heavy atom. The molecule has 0 unspecified atom stereocenters. The van der Waals surface area contributed by atoms with E-state index in [9.17, 15) is 4.79 Å². The van der Waals surface area contributed by atoms with E-state index in [4.69, 9.17) is 0 Å². The topological polar surface area (TPSA) is 95.6 Å². The molecule has 2 heterocycles. The lowest BCUT2D eigenvalue weighted by molar-refractivity contribution is 0.262. The first-order chi connectivity index (χ1) is 12.8. The second-order valence-corrected chi connectivity index (χ2v) is 6.27. The molecule has 0 atom stereocenters. The number of hydrogen-bond acceptors (Lipinski definition) is 5. The van der Waals surface area contributed by atoms with Gasteiger partial charge in [-0.15, -0.1) is 10.2 Å². The van der Waals surface area contributed by atoms with Crippen molar-refractivity contribution in [2.45, 2.75) is 0 Å². The number of aromatic amines is 1. The van der Waals surface area contributed by atoms with Crippen molar-refractivity contribution >= 4 is 51.2 Å². The molecule has 0 bridgehead atoms. The van der Waals surface area contributed by atoms with Crippen LogP contribution in [-0.2, 0) is 0 Å². The molecular formula is C18H14N6OS. The lowest BCUT2D eigenvalue weighted by atomic mass is 10.1. The Morgan fingerprint density at radius 3 is 2.77 bits per heavy atom. The maximum atomic E-state index is 12.0. The number of nitrogens with one attached hydrogen (secondary N) is 3. The molecule has 0 radical (unpaired) electrons. The number of anilines is 2. The van der Waals surface area contributed by atoms with E-state index >= 15 is 0 Å². The van der Waals surface area contributed by atoms with Crippen LogP contribution in [0.15, 0.2) is 54.0 Å². The largest absolute Gasteiger partial charge is 0.325 e. The van der Waals surface area contributed by atoms with Crippen LogP contribution < -0.4 is 10.6 Å². The van der Waals surface area contributed by atoms with Crippen LogP contribution in [0.5, 0.6) is 0 Å². The van der Waals surface area contributed by atoms with Gasteiger partial charge in [0.1, 0.15) is 5.51 Å². The number of H-pyrrole nitrogens is 1. The second kappa shape index (κ2) is 7.16. The van der Waals surface area contributed by atoms with E-state index < -0.39 is 0 Å². The number of carbonyl (C=O) groups is 1. The number of rotatable bonds is 4. The summed E-state index contributed by atoms with van der Waals surface area (Å²) in [7, 11) is 0. The zero-order valence-electron chi connectivity index (χ0n) is 13.5. The third-order valence-electron chi connectivity index (χ3n) is 3.66. The molecule has 4 aromatic rings. The number of aromatic nitrogens is 4. The smallest absolute Gasteiger partial charge is 0.308 e. The van der Waals surface area contributed by atoms with E-state index in [1.165, 1.54) is 11.3 Å². The number of urea groups is 1. The van der Waals surface area contributed by atoms with Gasteiger partial charge in [-0.25, -0.2) is 4.79 Å². The summed E-state index contributed by atoms with van der Waals surface area (Å²) in [6.45, 7) is 0. The summed E-state index contributed by atoms with van der Waals surface area (Å²) >= 11 is 1.25. The fourth-order valence-corrected chi connectivity index (χ4v) is 2.91. The highest BCUT2D eigenvalue weighted by atomic mass is 32.1. The number of carbonyl (C=O) groups excluding carboxylic acids is 1. The molecule has 0 aliphatic heterocycles. The maximum absolute atomic E-state index is 12.0. The van der Waals surface area contributed by atoms with Crippen LogP contribution >= 0.6 is 11.3 Å². The van der Waals surface area contributed by atoms with Crippen LogP contribution in [0.25, 0.3) is 23.1 Å². The van der Waals surface area contributed by atoms with Gasteiger partial charge in [-0.05, 0) is 29.8 Å². The van der Waals surface area contributed by atoms with Crippen molar-refractivity contribution in [3.63, 3.8) is 0 Å². The van der Waals surface area contributed by atoms with Gasteiger partial charge in [-0.3, -0.25) is 10.4 Å². The molecule has 0 fully saturated rings. The highest BCUT2D eigenvalue weighted by molar-refractivity contribution is 7.13. The molecule has 26 heavy (non-hydrogen) atoms. The lowest BCUT2D eigenvalue weighted by Crippen LogP contribution is -2.19. The summed E-state index contributed by atoms with van der Waals surface area (Å²) in [4.78, 5) is 12.0. The molecule has 0 spiro atoms. The molecule has 2 amide bonds. The maximum Gasteiger partial charge on any atom is 0.325 e. The van der Waals surface area contributed by atoms with Crippen LogP contribution in [0.2, 0.25) is 0 Å². The summed E-state index contributed by atoms with van der Waals surface area (Å²) < 4.78 is 0. The summed E-state index contributed by atoms with van der Waals surface area (Å²) in [5.41, 5.74) is 4.99. The van der Waals surface area contributed by atoms with Gasteiger partial charge >= 0.3 is 6.03 Å². The van der Waals surface area contributed by atoms with E-state index in [-0.39, 0.29) is 6.03 Å². The van der Waals surface area contributed by atoms with Gasteiger partial charge in [-0.1, -0.05) is 47.7 Å². The fraction of sp³-hybridized carbons (Fsp3) is 0. The molecule has 2 aromatic heterocycles. The fourth-order valence-electron chi connectivity index (χ4n) is 2.47. The molecule has 128 valence electrons. The minimum Gasteiger partial charge on any atom is -0.308 e. The average molecular weight is 362 g/mol. The van der Waals surface area contributed by atoms with Crippen molar-refractivity contribution in [3.05, 3.63) is 65.3 Å². The molecule has 0 aliphatic rings. The summed E-state index contributed by atoms with van der Waals surface area (Å²) in [6.07, 6.45) is 3.97. The van der Waals surface area contributed by atoms with Crippen molar-refractivity contribution < 1.29 is 4.79 Å². The molecular weight excluding hydrogens is 348 g/mol. The van der Waals surface area contributed by atoms with Crippen LogP contribution in [-0.4, -0.2) is 26.4 Å². The molecule has 0 aliphatic carbocycles. The van der Waals surface area contributed by atoms with E-state index in [1.807, 2.05) is 60.7 Å². The second-order valence-electron chi connectivity index (χ2n) is 5.44. The molecule has 8 heteroatoms. The minimum absolute atomic E-state index is 0.371. The zero-order valence-corrected chi connectivity index (χ0v) is 14.3. The molecule has 7 nitrogen and oxygen atoms in total. The Kier molecular flexibility index (Phi) is 4.40. The number of amides is 2. The Morgan fingerprint density at radius 1 is 1.08 bits per heavy atom. The number of fused-ring (bicyclic) bond motifs is 1. The SMILES string of the molecule is O=C(Nc1ccc2c(/C=C/c3ccccc3)n[nH]c2c1)Nc1nncs1. The summed E-state index contributed by atoms with van der Waals surface area (Å²) in [6, 6.07) is 15.2. The highest BCUT2D eigenvalue weighted by Gasteiger charge is 2.08. The van der Waals surface area contributed by atoms with Gasteiger partial charge < -0.3 is 5.32 Å². The molecule has 0 saturated heterocycles. The van der Waals surface area contributed by atoms with Crippen molar-refractivity contribution in [2.24, 2.45) is 0 Å². The van der Waals surface area contributed by atoms with Crippen LogP contribution in [0, 0.1) is 0 Å². The summed E-state index contributed by atoms with van der Waals surface area (Å²) in [5, 5.41) is 21.6. The van der Waals surface area contributed by atoms with Gasteiger partial charge in [0.15, 0.2) is 0 Å². The first-order valence-electron chi connectivity index (χ1n) is 7.83. The molecule has 4 rings (SSSR count). The average Bonchev–Trinajstić information content (AvgIpc) is 3.30. The predicted molar refractivity (Wildman–Crippen MR) is 104 cm³/mol. The Bertz CT molecular complexity index is 1060. The Labute approximate surface area is 152 Å². The van der Waals surface area contributed by atoms with Crippen LogP contribution in [0.3, 0.4) is 0 Å². The van der Waals surface area contributed by atoms with Crippen molar-refractivity contribution in [1.29, 1.82) is 0 Å². The van der Waals surface area contributed by atoms with Crippen molar-refractivity contribution in [2.75, 3.05) is 10.6 Å². The van der Waals surface area contributed by atoms with E-state index in [0.717, 1.165) is 22.2 Å². The lowest BCUT2D eigenvalue weighted by Gasteiger charge is -2.05. The number of hydrogen-bond donors (Lipinski definition) is 3. The minimum atomic E-state index is -0.371. The first-order valence-corrected chi connectivity index (χ1v) is 8.71. The van der Waals surface area contributed by atoms with Gasteiger partial charge in [0, 0.05) is 11.1 Å². The Hall–Kier alpha value is -3.52. The molecule has 0 saturated carbocycles. The third kappa shape index (κ3) is 3.60. The van der Waals surface area contributed by atoms with Gasteiger partial charge in [0.2, 0.25) is 5.13 Å². The number of benzene rings is 2. The summed E-state index contributed by atoms with van der Waals surface area (Å²) in [5.74, 6) is 0. The van der Waals surface area contributed by atoms with Crippen molar-refractivity contribution in [1.82, 2.24) is 20.4 Å². The highest BCUT2D eigenvalue weighted by Crippen LogP contribution is 2.22. The first kappa shape index (κ1) is 16.0. The van der Waals surface area contributed by atoms with E-state index in [1.54, 1.807) is 5.51 Å². The quantitative estimate of drug-likeness (QED) is 0.506. The third-order valence-corrected chi connectivity index (χ3v) is 4.27. The van der Waals surface area contributed by atoms with Gasteiger partial charge in [0.05, 0.1) is 11.2 Å². The van der Waals surface area contributed by atoms with Crippen LogP contribution in [0.4, 0.5) is 15.6 Å². The molecule has 2 aromatic carbocycles. The van der Waals surface area contributed by atoms with E-state index in [2.05, 4.69) is 31.0 Å². The predicted octanol–water partition coefficient (Wildman–Crippen LogP) is 4.23. The van der Waals surface area contributed by atoms with Crippen LogP contribution in [0.1, 0.15) is 11.3 Å². The van der Waals surface area contributed by atoms with Crippen molar-refractivity contribution in [3.8, 4) is 0 Å². The monoisotopic (exact) mass is 362 g/mol. The van der Waals surface area contributed by atoms with Gasteiger partial charge in [-0.2, -0.15) is 5.10 Å². The standard InChI is InChI=1S/C18H14N6OS/c25-17(21-18-24-19-11-26-18)20-13-7-8-14-15(22-23-16(14)10-13)9-6-12-4-2-1-3-5-12/h1-11H,(H,22,23)(H2,20,21,24,25)/b9-6+.